The molecule has 27 heavy (non-hydrogen) atoms. The average molecular weight is 372 g/mol. The monoisotopic (exact) mass is 372 g/mol. The number of methoxy groups -OCH3 is 4. The summed E-state index contributed by atoms with van der Waals surface area (Å²) in [4.78, 5) is 13.0. The molecule has 6 heteroatoms. The highest BCUT2D eigenvalue weighted by Gasteiger charge is 2.49. The second-order valence-corrected chi connectivity index (χ2v) is 6.59. The lowest BCUT2D eigenvalue weighted by Crippen LogP contribution is -2.99. The molecule has 1 aliphatic heterocycles. The van der Waals surface area contributed by atoms with Gasteiger partial charge in [-0.2, -0.15) is 0 Å². The number of nitrogens with two attached hydrogens (primary N) is 1. The van der Waals surface area contributed by atoms with Crippen molar-refractivity contribution in [3.8, 4) is 17.2 Å². The van der Waals surface area contributed by atoms with Gasteiger partial charge in [0.1, 0.15) is 5.75 Å². The number of carbonyl (C=O) groups excluding carboxylic acids is 1. The van der Waals surface area contributed by atoms with Crippen LogP contribution in [-0.4, -0.2) is 41.0 Å². The highest BCUT2D eigenvalue weighted by molar-refractivity contribution is 5.82. The molecule has 0 saturated heterocycles. The number of ether oxygens (including phenoxy) is 4. The highest BCUT2D eigenvalue weighted by atomic mass is 16.5. The van der Waals surface area contributed by atoms with Crippen molar-refractivity contribution < 1.29 is 29.1 Å². The molecule has 2 N–H and O–H groups in total. The number of fused-ring (bicyclic) bond motifs is 1. The van der Waals surface area contributed by atoms with E-state index in [-0.39, 0.29) is 5.97 Å². The molecule has 0 aliphatic carbocycles. The topological polar surface area (TPSA) is 70.6 Å². The quantitative estimate of drug-likeness (QED) is 0.777. The molecule has 2 aromatic rings. The Labute approximate surface area is 159 Å². The Morgan fingerprint density at radius 1 is 1.00 bits per heavy atom. The number of carbonyl (C=O) groups is 1. The first kappa shape index (κ1) is 19.0. The van der Waals surface area contributed by atoms with Crippen LogP contribution in [0.2, 0.25) is 0 Å². The Morgan fingerprint density at radius 3 is 2.26 bits per heavy atom. The third-order valence-electron chi connectivity index (χ3n) is 5.19. The second-order valence-electron chi connectivity index (χ2n) is 6.59. The van der Waals surface area contributed by atoms with E-state index in [0.29, 0.717) is 17.9 Å². The standard InChI is InChI=1S/C21H25NO5/c1-24-16-7-5-14(6-8-16)13-21(20(23)27-4)17-12-19(26-3)18(25-2)11-15(17)9-10-22-21/h5-8,11-12,22H,9-10,13H2,1-4H3/p+1/t21-/m0/s1. The molecule has 1 heterocycles. The van der Waals surface area contributed by atoms with Gasteiger partial charge in [-0.15, -0.1) is 0 Å². The maximum absolute atomic E-state index is 13.0. The van der Waals surface area contributed by atoms with Crippen molar-refractivity contribution in [2.24, 2.45) is 0 Å². The molecule has 6 nitrogen and oxygen atoms in total. The van der Waals surface area contributed by atoms with Crippen molar-refractivity contribution in [1.29, 1.82) is 0 Å². The van der Waals surface area contributed by atoms with E-state index in [1.54, 1.807) is 21.3 Å². The van der Waals surface area contributed by atoms with Crippen molar-refractivity contribution in [2.75, 3.05) is 35.0 Å². The molecule has 0 spiro atoms. The molecular formula is C21H26NO5+. The number of benzene rings is 2. The molecule has 0 fully saturated rings. The zero-order valence-electron chi connectivity index (χ0n) is 16.2. The van der Waals surface area contributed by atoms with Gasteiger partial charge in [-0.05, 0) is 35.4 Å². The Bertz CT molecular complexity index is 818. The SMILES string of the molecule is COC(=O)[C@@]1(Cc2ccc(OC)cc2)[NH2+]CCc2cc(OC)c(OC)cc21. The van der Waals surface area contributed by atoms with E-state index in [0.717, 1.165) is 35.4 Å². The molecule has 0 amide bonds. The predicted molar refractivity (Wildman–Crippen MR) is 100 cm³/mol. The zero-order valence-corrected chi connectivity index (χ0v) is 16.2. The normalized spacial score (nSPS) is 18.4. The van der Waals surface area contributed by atoms with Crippen molar-refractivity contribution >= 4 is 5.97 Å². The van der Waals surface area contributed by atoms with Crippen LogP contribution in [0.5, 0.6) is 17.2 Å². The van der Waals surface area contributed by atoms with Crippen LogP contribution in [0.25, 0.3) is 0 Å². The lowest BCUT2D eigenvalue weighted by molar-refractivity contribution is -0.726. The molecule has 2 aromatic carbocycles. The molecule has 0 unspecified atom stereocenters. The molecule has 0 radical (unpaired) electrons. The molecule has 0 bridgehead atoms. The fourth-order valence-electron chi connectivity index (χ4n) is 3.81. The van der Waals surface area contributed by atoms with E-state index in [4.69, 9.17) is 18.9 Å². The summed E-state index contributed by atoms with van der Waals surface area (Å²) in [6, 6.07) is 11.6. The average Bonchev–Trinajstić information content (AvgIpc) is 2.72. The van der Waals surface area contributed by atoms with E-state index >= 15 is 0 Å². The highest BCUT2D eigenvalue weighted by Crippen LogP contribution is 2.37. The summed E-state index contributed by atoms with van der Waals surface area (Å²) >= 11 is 0. The molecule has 0 aromatic heterocycles. The van der Waals surface area contributed by atoms with Gasteiger partial charge in [-0.25, -0.2) is 4.79 Å². The van der Waals surface area contributed by atoms with E-state index in [1.807, 2.05) is 36.4 Å². The third kappa shape index (κ3) is 3.45. The van der Waals surface area contributed by atoms with Gasteiger partial charge in [-0.3, -0.25) is 0 Å². The van der Waals surface area contributed by atoms with E-state index in [1.165, 1.54) is 7.11 Å². The Morgan fingerprint density at radius 2 is 1.67 bits per heavy atom. The molecule has 3 rings (SSSR count). The summed E-state index contributed by atoms with van der Waals surface area (Å²) < 4.78 is 21.4. The molecular weight excluding hydrogens is 346 g/mol. The van der Waals surface area contributed by atoms with E-state index < -0.39 is 5.54 Å². The molecule has 1 atom stereocenters. The maximum Gasteiger partial charge on any atom is 0.373 e. The summed E-state index contributed by atoms with van der Waals surface area (Å²) in [6.07, 6.45) is 1.35. The Kier molecular flexibility index (Phi) is 5.56. The Hall–Kier alpha value is -2.73. The first-order valence-corrected chi connectivity index (χ1v) is 8.89. The summed E-state index contributed by atoms with van der Waals surface area (Å²) in [5, 5.41) is 2.07. The van der Waals surface area contributed by atoms with Crippen molar-refractivity contribution in [2.45, 2.75) is 18.4 Å². The van der Waals surface area contributed by atoms with Crippen LogP contribution >= 0.6 is 0 Å². The number of rotatable bonds is 6. The summed E-state index contributed by atoms with van der Waals surface area (Å²) in [7, 11) is 6.28. The van der Waals surface area contributed by atoms with Gasteiger partial charge in [0, 0.05) is 18.4 Å². The smallest absolute Gasteiger partial charge is 0.373 e. The van der Waals surface area contributed by atoms with Gasteiger partial charge >= 0.3 is 5.97 Å². The van der Waals surface area contributed by atoms with Crippen molar-refractivity contribution in [1.82, 2.24) is 0 Å². The van der Waals surface area contributed by atoms with Gasteiger partial charge < -0.3 is 24.3 Å². The summed E-state index contributed by atoms with van der Waals surface area (Å²) in [5.41, 5.74) is 2.15. The third-order valence-corrected chi connectivity index (χ3v) is 5.19. The first-order valence-electron chi connectivity index (χ1n) is 8.89. The van der Waals surface area contributed by atoms with Crippen LogP contribution in [0.1, 0.15) is 16.7 Å². The summed E-state index contributed by atoms with van der Waals surface area (Å²) in [5.74, 6) is 1.78. The van der Waals surface area contributed by atoms with Crippen LogP contribution in [0.3, 0.4) is 0 Å². The fraction of sp³-hybridized carbons (Fsp3) is 0.381. The van der Waals surface area contributed by atoms with Crippen molar-refractivity contribution in [3.05, 3.63) is 53.1 Å². The molecule has 1 aliphatic rings. The number of hydrogen-bond acceptors (Lipinski definition) is 5. The summed E-state index contributed by atoms with van der Waals surface area (Å²) in [6.45, 7) is 0.785. The van der Waals surface area contributed by atoms with Crippen molar-refractivity contribution in [3.63, 3.8) is 0 Å². The number of quaternary nitrogens is 1. The van der Waals surface area contributed by atoms with E-state index in [9.17, 15) is 4.79 Å². The minimum atomic E-state index is -0.865. The fourth-order valence-corrected chi connectivity index (χ4v) is 3.81. The number of hydrogen-bond donors (Lipinski definition) is 1. The minimum Gasteiger partial charge on any atom is -0.497 e. The van der Waals surface area contributed by atoms with Crippen LogP contribution < -0.4 is 19.5 Å². The van der Waals surface area contributed by atoms with Crippen LogP contribution in [-0.2, 0) is 27.9 Å². The maximum atomic E-state index is 13.0. The van der Waals surface area contributed by atoms with Gasteiger partial charge in [0.2, 0.25) is 5.54 Å². The Balaban J connectivity index is 2.11. The first-order chi connectivity index (χ1) is 13.1. The zero-order chi connectivity index (χ0) is 19.4. The minimum absolute atomic E-state index is 0.272. The van der Waals surface area contributed by atoms with Gasteiger partial charge in [0.25, 0.3) is 0 Å². The second kappa shape index (κ2) is 7.88. The molecule has 0 saturated carbocycles. The van der Waals surface area contributed by atoms with Gasteiger partial charge in [0.05, 0.1) is 35.0 Å². The van der Waals surface area contributed by atoms with Crippen LogP contribution in [0.15, 0.2) is 36.4 Å². The van der Waals surface area contributed by atoms with Gasteiger partial charge in [0.15, 0.2) is 11.5 Å². The van der Waals surface area contributed by atoms with Crippen LogP contribution in [0, 0.1) is 0 Å². The largest absolute Gasteiger partial charge is 0.497 e. The van der Waals surface area contributed by atoms with Crippen LogP contribution in [0.4, 0.5) is 0 Å². The molecule has 144 valence electrons. The number of esters is 1. The van der Waals surface area contributed by atoms with E-state index in [2.05, 4.69) is 5.32 Å². The predicted octanol–water partition coefficient (Wildman–Crippen LogP) is 1.44. The van der Waals surface area contributed by atoms with Gasteiger partial charge in [-0.1, -0.05) is 12.1 Å². The lowest BCUT2D eigenvalue weighted by Gasteiger charge is -2.35. The lowest BCUT2D eigenvalue weighted by atomic mass is 9.77.